The van der Waals surface area contributed by atoms with E-state index in [0.717, 1.165) is 17.8 Å². The number of aryl methyl sites for hydroxylation is 2. The number of hydrogen-bond donors (Lipinski definition) is 0. The lowest BCUT2D eigenvalue weighted by Crippen LogP contribution is -1.98. The summed E-state index contributed by atoms with van der Waals surface area (Å²) < 4.78 is 0. The molecule has 4 heteroatoms. The number of ketones is 1. The maximum absolute atomic E-state index is 10.8. The maximum atomic E-state index is 10.8. The summed E-state index contributed by atoms with van der Waals surface area (Å²) in [6.07, 6.45) is 4.63. The molecule has 29 heavy (non-hydrogen) atoms. The van der Waals surface area contributed by atoms with Crippen molar-refractivity contribution in [1.82, 2.24) is 0 Å². The van der Waals surface area contributed by atoms with Gasteiger partial charge in [-0.25, -0.2) is 0 Å². The number of rotatable bonds is 9. The van der Waals surface area contributed by atoms with Crippen molar-refractivity contribution in [3.63, 3.8) is 0 Å². The molecule has 2 aromatic rings. The summed E-state index contributed by atoms with van der Waals surface area (Å²) >= 11 is 3.56. The topological polar surface area (TPSA) is 34.1 Å². The third-order valence-electron chi connectivity index (χ3n) is 3.96. The SMILES string of the molecule is CC(=O)/C=C/C(C)CSc1ccc(C)cc1.Cc1ccc(SCC(C)C=O)cc1. The molecular weight excluding hydrogens is 396 g/mol. The minimum absolute atomic E-state index is 0.118. The minimum Gasteiger partial charge on any atom is -0.303 e. The number of thioether (sulfide) groups is 2. The van der Waals surface area contributed by atoms with Crippen LogP contribution in [0.1, 0.15) is 31.9 Å². The van der Waals surface area contributed by atoms with Crippen molar-refractivity contribution < 1.29 is 9.59 Å². The first kappa shape index (κ1) is 25.3. The largest absolute Gasteiger partial charge is 0.303 e. The molecule has 0 radical (unpaired) electrons. The first-order valence-electron chi connectivity index (χ1n) is 9.83. The van der Waals surface area contributed by atoms with Gasteiger partial charge in [-0.2, -0.15) is 0 Å². The third kappa shape index (κ3) is 12.4. The van der Waals surface area contributed by atoms with E-state index < -0.39 is 0 Å². The Kier molecular flexibility index (Phi) is 12.4. The van der Waals surface area contributed by atoms with Crippen molar-refractivity contribution in [2.45, 2.75) is 44.4 Å². The van der Waals surface area contributed by atoms with Gasteiger partial charge in [0.15, 0.2) is 5.78 Å². The maximum Gasteiger partial charge on any atom is 0.152 e. The molecule has 0 saturated carbocycles. The van der Waals surface area contributed by atoms with Gasteiger partial charge >= 0.3 is 0 Å². The number of hydrogen-bond acceptors (Lipinski definition) is 4. The van der Waals surface area contributed by atoms with Crippen LogP contribution in [0.25, 0.3) is 0 Å². The number of carbonyl (C=O) groups excluding carboxylic acids is 2. The fourth-order valence-corrected chi connectivity index (χ4v) is 3.88. The van der Waals surface area contributed by atoms with Crippen molar-refractivity contribution in [3.05, 3.63) is 71.8 Å². The molecule has 156 valence electrons. The highest BCUT2D eigenvalue weighted by Crippen LogP contribution is 2.21. The van der Waals surface area contributed by atoms with Gasteiger partial charge in [0.05, 0.1) is 0 Å². The highest BCUT2D eigenvalue weighted by atomic mass is 32.2. The molecule has 2 nitrogen and oxygen atoms in total. The molecule has 2 aromatic carbocycles. The van der Waals surface area contributed by atoms with Crippen LogP contribution in [0.5, 0.6) is 0 Å². The fraction of sp³-hybridized carbons (Fsp3) is 0.360. The van der Waals surface area contributed by atoms with E-state index in [1.807, 2.05) is 24.8 Å². The molecule has 2 rings (SSSR count). The van der Waals surface area contributed by atoms with Crippen LogP contribution >= 0.6 is 23.5 Å². The van der Waals surface area contributed by atoms with Crippen LogP contribution in [0.4, 0.5) is 0 Å². The molecule has 2 atom stereocenters. The molecule has 2 unspecified atom stereocenters. The van der Waals surface area contributed by atoms with E-state index in [1.165, 1.54) is 20.9 Å². The van der Waals surface area contributed by atoms with Crippen LogP contribution in [0, 0.1) is 25.7 Å². The van der Waals surface area contributed by atoms with Crippen LogP contribution in [0.2, 0.25) is 0 Å². The van der Waals surface area contributed by atoms with Crippen molar-refractivity contribution in [1.29, 1.82) is 0 Å². The minimum atomic E-state index is 0.118. The Balaban J connectivity index is 0.000000296. The average molecular weight is 429 g/mol. The van der Waals surface area contributed by atoms with Crippen LogP contribution in [0.3, 0.4) is 0 Å². The number of carbonyl (C=O) groups is 2. The summed E-state index contributed by atoms with van der Waals surface area (Å²) in [5.41, 5.74) is 2.56. The monoisotopic (exact) mass is 428 g/mol. The van der Waals surface area contributed by atoms with Crippen LogP contribution in [-0.2, 0) is 9.59 Å². The third-order valence-corrected chi connectivity index (χ3v) is 6.56. The zero-order valence-electron chi connectivity index (χ0n) is 18.1. The summed E-state index contributed by atoms with van der Waals surface area (Å²) in [4.78, 5) is 23.7. The van der Waals surface area contributed by atoms with E-state index in [1.54, 1.807) is 24.8 Å². The smallest absolute Gasteiger partial charge is 0.152 e. The highest BCUT2D eigenvalue weighted by molar-refractivity contribution is 7.99. The standard InChI is InChI=1S/C14H18OS.C11H14OS/c1-11-5-8-14(9-6-11)16-10-12(2)4-7-13(3)15;1-9-3-5-11(6-4-9)13-8-10(2)7-12/h4-9,12H,10H2,1-3H3;3-7,10H,8H2,1-2H3/b7-4+;. The van der Waals surface area contributed by atoms with E-state index in [-0.39, 0.29) is 11.7 Å². The Morgan fingerprint density at radius 1 is 0.828 bits per heavy atom. The van der Waals surface area contributed by atoms with Crippen LogP contribution < -0.4 is 0 Å². The van der Waals surface area contributed by atoms with Crippen molar-refractivity contribution >= 4 is 35.6 Å². The lowest BCUT2D eigenvalue weighted by atomic mass is 10.2. The zero-order chi connectivity index (χ0) is 21.6. The lowest BCUT2D eigenvalue weighted by Gasteiger charge is -2.05. The van der Waals surface area contributed by atoms with Gasteiger partial charge in [0.1, 0.15) is 6.29 Å². The van der Waals surface area contributed by atoms with E-state index in [4.69, 9.17) is 0 Å². The van der Waals surface area contributed by atoms with Gasteiger partial charge in [0, 0.05) is 27.2 Å². The van der Waals surface area contributed by atoms with E-state index in [9.17, 15) is 9.59 Å². The molecule has 0 aromatic heterocycles. The van der Waals surface area contributed by atoms with E-state index >= 15 is 0 Å². The summed E-state index contributed by atoms with van der Waals surface area (Å²) in [5, 5.41) is 0. The van der Waals surface area contributed by atoms with Crippen molar-refractivity contribution in [2.75, 3.05) is 11.5 Å². The predicted octanol–water partition coefficient (Wildman–Crippen LogP) is 6.79. The summed E-state index contributed by atoms with van der Waals surface area (Å²) in [5.74, 6) is 2.56. The fourth-order valence-electron chi connectivity index (χ4n) is 2.12. The van der Waals surface area contributed by atoms with Gasteiger partial charge < -0.3 is 4.79 Å². The predicted molar refractivity (Wildman–Crippen MR) is 128 cm³/mol. The van der Waals surface area contributed by atoms with Crippen LogP contribution in [0.15, 0.2) is 70.5 Å². The summed E-state index contributed by atoms with van der Waals surface area (Å²) in [6.45, 7) is 9.81. The first-order valence-corrected chi connectivity index (χ1v) is 11.8. The van der Waals surface area contributed by atoms with Crippen molar-refractivity contribution in [3.8, 4) is 0 Å². The van der Waals surface area contributed by atoms with Gasteiger partial charge in [-0.3, -0.25) is 4.79 Å². The Morgan fingerprint density at radius 3 is 1.62 bits per heavy atom. The van der Waals surface area contributed by atoms with Gasteiger partial charge in [-0.05, 0) is 57.0 Å². The zero-order valence-corrected chi connectivity index (χ0v) is 19.7. The number of aldehydes is 1. The molecule has 0 aliphatic carbocycles. The Labute approximate surface area is 184 Å². The summed E-state index contributed by atoms with van der Waals surface area (Å²) in [6, 6.07) is 16.9. The normalized spacial score (nSPS) is 12.7. The molecule has 0 spiro atoms. The molecule has 0 N–H and O–H groups in total. The Morgan fingerprint density at radius 2 is 1.24 bits per heavy atom. The Bertz CT molecular complexity index is 764. The molecular formula is C25H32O2S2. The second-order valence-corrected chi connectivity index (χ2v) is 9.50. The van der Waals surface area contributed by atoms with E-state index in [0.29, 0.717) is 5.92 Å². The van der Waals surface area contributed by atoms with Crippen molar-refractivity contribution in [2.24, 2.45) is 11.8 Å². The van der Waals surface area contributed by atoms with Crippen LogP contribution in [-0.4, -0.2) is 23.6 Å². The Hall–Kier alpha value is -1.78. The first-order chi connectivity index (χ1) is 13.8. The molecule has 0 fully saturated rings. The molecule has 0 saturated heterocycles. The molecule has 0 amide bonds. The van der Waals surface area contributed by atoms with Gasteiger partial charge in [-0.15, -0.1) is 23.5 Å². The van der Waals surface area contributed by atoms with Gasteiger partial charge in [-0.1, -0.05) is 55.3 Å². The quantitative estimate of drug-likeness (QED) is 0.250. The molecule has 0 heterocycles. The summed E-state index contributed by atoms with van der Waals surface area (Å²) in [7, 11) is 0. The molecule has 0 aliphatic rings. The molecule has 0 bridgehead atoms. The van der Waals surface area contributed by atoms with Gasteiger partial charge in [0.25, 0.3) is 0 Å². The lowest BCUT2D eigenvalue weighted by molar-refractivity contribution is -0.112. The average Bonchev–Trinajstić information content (AvgIpc) is 2.71. The second-order valence-electron chi connectivity index (χ2n) is 7.31. The highest BCUT2D eigenvalue weighted by Gasteiger charge is 2.01. The molecule has 0 aliphatic heterocycles. The number of benzene rings is 2. The van der Waals surface area contributed by atoms with Gasteiger partial charge in [0.2, 0.25) is 0 Å². The van der Waals surface area contributed by atoms with E-state index in [2.05, 4.69) is 69.3 Å². The number of allylic oxidation sites excluding steroid dienone is 2. The second kappa shape index (κ2) is 14.2.